The van der Waals surface area contributed by atoms with E-state index in [0.29, 0.717) is 11.3 Å². The van der Waals surface area contributed by atoms with Gasteiger partial charge in [-0.15, -0.1) is 11.3 Å². The predicted octanol–water partition coefficient (Wildman–Crippen LogP) is 4.28. The van der Waals surface area contributed by atoms with E-state index in [4.69, 9.17) is 4.74 Å². The van der Waals surface area contributed by atoms with E-state index >= 15 is 0 Å². The molecule has 0 aliphatic heterocycles. The zero-order valence-corrected chi connectivity index (χ0v) is 13.2. The Morgan fingerprint density at radius 3 is 2.70 bits per heavy atom. The van der Waals surface area contributed by atoms with Crippen LogP contribution in [-0.4, -0.2) is 17.1 Å². The van der Waals surface area contributed by atoms with Gasteiger partial charge in [-0.3, -0.25) is 4.98 Å². The molecule has 2 heterocycles. The van der Waals surface area contributed by atoms with Crippen LogP contribution in [0.25, 0.3) is 22.2 Å². The second kappa shape index (κ2) is 6.86. The zero-order valence-electron chi connectivity index (χ0n) is 12.4. The highest BCUT2D eigenvalue weighted by Crippen LogP contribution is 2.27. The minimum Gasteiger partial charge on any atom is -0.497 e. The number of nitrogens with zero attached hydrogens (tertiary/aromatic N) is 3. The standard InChI is InChI=1S/C18H13N3OS/c1-22-16-7-5-13(6-8-16)18-21-15(12-23-18)10-14(11-19)17-4-2-3-9-20-17/h2-10,12H,1H3. The van der Waals surface area contributed by atoms with Gasteiger partial charge < -0.3 is 4.74 Å². The van der Waals surface area contributed by atoms with Gasteiger partial charge >= 0.3 is 0 Å². The van der Waals surface area contributed by atoms with Crippen molar-refractivity contribution < 1.29 is 4.74 Å². The summed E-state index contributed by atoms with van der Waals surface area (Å²) in [7, 11) is 1.64. The van der Waals surface area contributed by atoms with Crippen molar-refractivity contribution in [3.05, 3.63) is 65.4 Å². The fraction of sp³-hybridized carbons (Fsp3) is 0.0556. The van der Waals surface area contributed by atoms with Crippen LogP contribution in [0.4, 0.5) is 0 Å². The number of benzene rings is 1. The lowest BCUT2D eigenvalue weighted by molar-refractivity contribution is 0.415. The Morgan fingerprint density at radius 1 is 1.22 bits per heavy atom. The molecule has 0 aliphatic carbocycles. The molecule has 0 N–H and O–H groups in total. The molecule has 23 heavy (non-hydrogen) atoms. The van der Waals surface area contributed by atoms with Crippen molar-refractivity contribution in [2.24, 2.45) is 0 Å². The van der Waals surface area contributed by atoms with Gasteiger partial charge in [0.15, 0.2) is 0 Å². The van der Waals surface area contributed by atoms with Gasteiger partial charge in [-0.05, 0) is 42.5 Å². The number of methoxy groups -OCH3 is 1. The zero-order chi connectivity index (χ0) is 16.1. The summed E-state index contributed by atoms with van der Waals surface area (Å²) in [5.41, 5.74) is 2.92. The lowest BCUT2D eigenvalue weighted by atomic mass is 10.1. The molecule has 5 heteroatoms. The Balaban J connectivity index is 1.89. The van der Waals surface area contributed by atoms with E-state index in [-0.39, 0.29) is 0 Å². The van der Waals surface area contributed by atoms with Crippen molar-refractivity contribution in [2.45, 2.75) is 0 Å². The van der Waals surface area contributed by atoms with Crippen LogP contribution in [0.5, 0.6) is 5.75 Å². The van der Waals surface area contributed by atoms with E-state index in [1.807, 2.05) is 47.8 Å². The summed E-state index contributed by atoms with van der Waals surface area (Å²) in [6.07, 6.45) is 3.43. The van der Waals surface area contributed by atoms with Crippen LogP contribution >= 0.6 is 11.3 Å². The highest BCUT2D eigenvalue weighted by molar-refractivity contribution is 7.13. The Morgan fingerprint density at radius 2 is 2.04 bits per heavy atom. The summed E-state index contributed by atoms with van der Waals surface area (Å²) < 4.78 is 5.16. The van der Waals surface area contributed by atoms with Gasteiger partial charge in [-0.25, -0.2) is 4.98 Å². The van der Waals surface area contributed by atoms with Crippen molar-refractivity contribution in [3.8, 4) is 22.4 Å². The van der Waals surface area contributed by atoms with Crippen LogP contribution in [0.2, 0.25) is 0 Å². The van der Waals surface area contributed by atoms with E-state index in [1.54, 1.807) is 19.4 Å². The number of aromatic nitrogens is 2. The minimum absolute atomic E-state index is 0.497. The molecule has 4 nitrogen and oxygen atoms in total. The summed E-state index contributed by atoms with van der Waals surface area (Å²) in [4.78, 5) is 8.77. The first-order chi connectivity index (χ1) is 11.3. The molecular weight excluding hydrogens is 306 g/mol. The topological polar surface area (TPSA) is 58.8 Å². The summed E-state index contributed by atoms with van der Waals surface area (Å²) >= 11 is 1.54. The van der Waals surface area contributed by atoms with Gasteiger partial charge in [-0.1, -0.05) is 6.07 Å². The second-order valence-corrected chi connectivity index (χ2v) is 5.55. The van der Waals surface area contributed by atoms with Crippen LogP contribution < -0.4 is 4.74 Å². The van der Waals surface area contributed by atoms with Gasteiger partial charge in [0.1, 0.15) is 16.8 Å². The van der Waals surface area contributed by atoms with E-state index in [1.165, 1.54) is 11.3 Å². The van der Waals surface area contributed by atoms with Gasteiger partial charge in [0.2, 0.25) is 0 Å². The normalized spacial score (nSPS) is 11.0. The van der Waals surface area contributed by atoms with E-state index in [9.17, 15) is 5.26 Å². The first-order valence-electron chi connectivity index (χ1n) is 6.93. The molecule has 1 aromatic carbocycles. The molecule has 0 unspecified atom stereocenters. The molecule has 0 radical (unpaired) electrons. The molecule has 2 aromatic heterocycles. The van der Waals surface area contributed by atoms with E-state index < -0.39 is 0 Å². The average Bonchev–Trinajstić information content (AvgIpc) is 3.09. The lowest BCUT2D eigenvalue weighted by Crippen LogP contribution is -1.86. The quantitative estimate of drug-likeness (QED) is 0.674. The summed E-state index contributed by atoms with van der Waals surface area (Å²) in [6.45, 7) is 0. The molecule has 0 fully saturated rings. The average molecular weight is 319 g/mol. The fourth-order valence-electron chi connectivity index (χ4n) is 2.05. The highest BCUT2D eigenvalue weighted by atomic mass is 32.1. The van der Waals surface area contributed by atoms with Crippen molar-refractivity contribution in [1.82, 2.24) is 9.97 Å². The molecule has 0 bridgehead atoms. The summed E-state index contributed by atoms with van der Waals surface area (Å²) in [6, 6.07) is 15.4. The van der Waals surface area contributed by atoms with Crippen LogP contribution in [0.1, 0.15) is 11.4 Å². The molecule has 0 atom stereocenters. The van der Waals surface area contributed by atoms with Crippen LogP contribution in [-0.2, 0) is 0 Å². The van der Waals surface area contributed by atoms with E-state index in [0.717, 1.165) is 22.0 Å². The number of pyridine rings is 1. The molecule has 3 rings (SSSR count). The maximum absolute atomic E-state index is 9.33. The van der Waals surface area contributed by atoms with Crippen molar-refractivity contribution in [3.63, 3.8) is 0 Å². The highest BCUT2D eigenvalue weighted by Gasteiger charge is 2.06. The Labute approximate surface area is 138 Å². The van der Waals surface area contributed by atoms with Crippen molar-refractivity contribution in [2.75, 3.05) is 7.11 Å². The number of allylic oxidation sites excluding steroid dienone is 1. The van der Waals surface area contributed by atoms with Gasteiger partial charge in [0.25, 0.3) is 0 Å². The first kappa shape index (κ1) is 14.9. The minimum atomic E-state index is 0.497. The van der Waals surface area contributed by atoms with Crippen LogP contribution in [0, 0.1) is 11.3 Å². The lowest BCUT2D eigenvalue weighted by Gasteiger charge is -2.00. The molecule has 0 saturated heterocycles. The van der Waals surface area contributed by atoms with Gasteiger partial charge in [0, 0.05) is 17.1 Å². The number of rotatable bonds is 4. The number of ether oxygens (including phenoxy) is 1. The number of hydrogen-bond acceptors (Lipinski definition) is 5. The summed E-state index contributed by atoms with van der Waals surface area (Å²) in [5, 5.41) is 12.2. The van der Waals surface area contributed by atoms with Gasteiger partial charge in [0.05, 0.1) is 24.1 Å². The molecule has 0 amide bonds. The molecule has 0 spiro atoms. The third-order valence-electron chi connectivity index (χ3n) is 3.21. The maximum Gasteiger partial charge on any atom is 0.124 e. The maximum atomic E-state index is 9.33. The SMILES string of the molecule is COc1ccc(-c2nc(C=C(C#N)c3ccccn3)cs2)cc1. The third-order valence-corrected chi connectivity index (χ3v) is 4.12. The Hall–Kier alpha value is -2.97. The number of hydrogen-bond donors (Lipinski definition) is 0. The van der Waals surface area contributed by atoms with Gasteiger partial charge in [-0.2, -0.15) is 5.26 Å². The molecular formula is C18H13N3OS. The monoisotopic (exact) mass is 319 g/mol. The van der Waals surface area contributed by atoms with Crippen LogP contribution in [0.3, 0.4) is 0 Å². The van der Waals surface area contributed by atoms with Crippen LogP contribution in [0.15, 0.2) is 54.0 Å². The Bertz CT molecular complexity index is 861. The number of nitriles is 1. The molecule has 0 aliphatic rings. The first-order valence-corrected chi connectivity index (χ1v) is 7.81. The predicted molar refractivity (Wildman–Crippen MR) is 91.8 cm³/mol. The fourth-order valence-corrected chi connectivity index (χ4v) is 2.84. The molecule has 0 saturated carbocycles. The molecule has 3 aromatic rings. The smallest absolute Gasteiger partial charge is 0.124 e. The van der Waals surface area contributed by atoms with Crippen molar-refractivity contribution >= 4 is 23.0 Å². The Kier molecular flexibility index (Phi) is 4.46. The largest absolute Gasteiger partial charge is 0.497 e. The second-order valence-electron chi connectivity index (χ2n) is 4.69. The van der Waals surface area contributed by atoms with Crippen molar-refractivity contribution in [1.29, 1.82) is 5.26 Å². The third kappa shape index (κ3) is 3.44. The summed E-state index contributed by atoms with van der Waals surface area (Å²) in [5.74, 6) is 0.812. The number of thiazole rings is 1. The van der Waals surface area contributed by atoms with E-state index in [2.05, 4.69) is 16.0 Å². The molecule has 112 valence electrons.